The maximum Gasteiger partial charge on any atom is 0.254 e. The lowest BCUT2D eigenvalue weighted by atomic mass is 10.0. The van der Waals surface area contributed by atoms with E-state index >= 15 is 0 Å². The number of aryl methyl sites for hydroxylation is 1. The van der Waals surface area contributed by atoms with Gasteiger partial charge in [-0.05, 0) is 42.7 Å². The zero-order valence-corrected chi connectivity index (χ0v) is 17.0. The fraction of sp³-hybridized carbons (Fsp3) is 0.167. The number of rotatable bonds is 9. The Labute approximate surface area is 186 Å². The minimum Gasteiger partial charge on any atom is -0.461 e. The molecule has 32 heavy (non-hydrogen) atoms. The average molecular weight is 446 g/mol. The summed E-state index contributed by atoms with van der Waals surface area (Å²) in [4.78, 5) is 25.6. The molecular formula is C24H25F3N2O3. The van der Waals surface area contributed by atoms with Crippen molar-refractivity contribution in [2.24, 2.45) is 0 Å². The van der Waals surface area contributed by atoms with Crippen molar-refractivity contribution in [2.75, 3.05) is 12.2 Å². The van der Waals surface area contributed by atoms with Crippen molar-refractivity contribution in [3.05, 3.63) is 95.6 Å². The number of ether oxygens (including phenoxy) is 1. The topological polar surface area (TPSA) is 67.4 Å². The third-order valence-electron chi connectivity index (χ3n) is 4.71. The second kappa shape index (κ2) is 11.0. The quantitative estimate of drug-likeness (QED) is 0.479. The van der Waals surface area contributed by atoms with E-state index in [0.717, 1.165) is 23.8 Å². The van der Waals surface area contributed by atoms with Crippen LogP contribution in [0.5, 0.6) is 5.75 Å². The van der Waals surface area contributed by atoms with Crippen LogP contribution in [0.15, 0.2) is 72.8 Å². The second-order valence-electron chi connectivity index (χ2n) is 6.91. The van der Waals surface area contributed by atoms with Crippen molar-refractivity contribution >= 4 is 17.5 Å². The number of halogens is 3. The molecule has 1 atom stereocenters. The molecule has 0 aliphatic rings. The molecule has 3 rings (SSSR count). The van der Waals surface area contributed by atoms with Crippen LogP contribution in [0.25, 0.3) is 0 Å². The first-order valence-electron chi connectivity index (χ1n) is 9.86. The summed E-state index contributed by atoms with van der Waals surface area (Å²) < 4.78 is 45.1. The van der Waals surface area contributed by atoms with Gasteiger partial charge in [-0.15, -0.1) is 0 Å². The highest BCUT2D eigenvalue weighted by atomic mass is 19.1. The van der Waals surface area contributed by atoms with Crippen LogP contribution in [0.4, 0.5) is 18.9 Å². The highest BCUT2D eigenvalue weighted by Crippen LogP contribution is 2.26. The zero-order valence-electron chi connectivity index (χ0n) is 17.0. The molecule has 0 aliphatic heterocycles. The largest absolute Gasteiger partial charge is 0.461 e. The summed E-state index contributed by atoms with van der Waals surface area (Å²) in [5.41, 5.74) is 0.632. The molecule has 2 N–H and O–H groups in total. The molecule has 3 aromatic carbocycles. The highest BCUT2D eigenvalue weighted by Gasteiger charge is 2.24. The van der Waals surface area contributed by atoms with Gasteiger partial charge in [0.1, 0.15) is 23.4 Å². The van der Waals surface area contributed by atoms with Gasteiger partial charge >= 0.3 is 0 Å². The van der Waals surface area contributed by atoms with Gasteiger partial charge in [0, 0.05) is 8.92 Å². The van der Waals surface area contributed by atoms with Crippen LogP contribution in [0.2, 0.25) is 0 Å². The van der Waals surface area contributed by atoms with E-state index in [0.29, 0.717) is 6.42 Å². The number of carbonyl (C=O) groups is 2. The van der Waals surface area contributed by atoms with Crippen molar-refractivity contribution in [3.8, 4) is 5.75 Å². The summed E-state index contributed by atoms with van der Waals surface area (Å²) in [5, 5.41) is 5.00. The molecule has 170 valence electrons. The summed E-state index contributed by atoms with van der Waals surface area (Å²) in [6.07, 6.45) is 0.623. The van der Waals surface area contributed by atoms with Gasteiger partial charge in [0.05, 0.1) is 11.3 Å². The van der Waals surface area contributed by atoms with Crippen LogP contribution >= 0.6 is 0 Å². The van der Waals surface area contributed by atoms with Gasteiger partial charge in [-0.1, -0.05) is 42.5 Å². The molecule has 5 nitrogen and oxygen atoms in total. The van der Waals surface area contributed by atoms with E-state index in [-0.39, 0.29) is 26.3 Å². The molecule has 0 radical (unpaired) electrons. The number of amides is 2. The van der Waals surface area contributed by atoms with E-state index in [2.05, 4.69) is 10.6 Å². The molecule has 0 fully saturated rings. The lowest BCUT2D eigenvalue weighted by Crippen LogP contribution is -2.44. The first-order valence-corrected chi connectivity index (χ1v) is 9.86. The lowest BCUT2D eigenvalue weighted by Gasteiger charge is -2.20. The summed E-state index contributed by atoms with van der Waals surface area (Å²) in [5.74, 6) is -2.90. The Kier molecular flexibility index (Phi) is 7.85. The Hall–Kier alpha value is -3.81. The van der Waals surface area contributed by atoms with Crippen LogP contribution < -0.4 is 15.4 Å². The average Bonchev–Trinajstić information content (AvgIpc) is 2.79. The van der Waals surface area contributed by atoms with E-state index in [4.69, 9.17) is 4.74 Å². The predicted molar refractivity (Wildman–Crippen MR) is 118 cm³/mol. The molecule has 0 heterocycles. The van der Waals surface area contributed by atoms with Crippen LogP contribution in [0, 0.1) is 11.6 Å². The standard InChI is InChI=1S/C24H21F3N2O3.2H2/c25-15-32-22-13-11-17(26)14-21(22)29-24(31)20(12-10-16-6-2-1-3-7-16)28-23(30)18-8-4-5-9-19(18)27;;/h1-9,11,13-14,20H,10,12,15H2,(H,28,30)(H,29,31);2*1H. The summed E-state index contributed by atoms with van der Waals surface area (Å²) in [6.45, 7) is -1.17. The molecule has 8 heteroatoms. The monoisotopic (exact) mass is 446 g/mol. The Bertz CT molecular complexity index is 1090. The molecule has 0 saturated heterocycles. The SMILES string of the molecule is O=C(NC(CCc1ccccc1)C(=O)Nc1cc(F)ccc1OCF)c1ccccc1F.[HH].[HH]. The Morgan fingerprint density at radius 2 is 1.69 bits per heavy atom. The summed E-state index contributed by atoms with van der Waals surface area (Å²) >= 11 is 0. The van der Waals surface area contributed by atoms with E-state index < -0.39 is 36.4 Å². The van der Waals surface area contributed by atoms with Gasteiger partial charge in [0.25, 0.3) is 5.91 Å². The number of hydrogen-bond acceptors (Lipinski definition) is 3. The second-order valence-corrected chi connectivity index (χ2v) is 6.91. The molecule has 0 aromatic heterocycles. The van der Waals surface area contributed by atoms with Gasteiger partial charge in [0.2, 0.25) is 12.8 Å². The van der Waals surface area contributed by atoms with Crippen molar-refractivity contribution < 1.29 is 30.4 Å². The van der Waals surface area contributed by atoms with Gasteiger partial charge < -0.3 is 15.4 Å². The third-order valence-corrected chi connectivity index (χ3v) is 4.71. The number of anilines is 1. The number of nitrogens with one attached hydrogen (secondary N) is 2. The van der Waals surface area contributed by atoms with Crippen molar-refractivity contribution in [1.29, 1.82) is 0 Å². The smallest absolute Gasteiger partial charge is 0.254 e. The Balaban J connectivity index is 0.00000289. The van der Waals surface area contributed by atoms with Gasteiger partial charge in [-0.25, -0.2) is 13.2 Å². The number of carbonyl (C=O) groups excluding carboxylic acids is 2. The van der Waals surface area contributed by atoms with Gasteiger partial charge in [0.15, 0.2) is 0 Å². The molecule has 0 aliphatic carbocycles. The van der Waals surface area contributed by atoms with Gasteiger partial charge in [-0.3, -0.25) is 9.59 Å². The number of alkyl halides is 1. The summed E-state index contributed by atoms with van der Waals surface area (Å²) in [6, 6.07) is 16.8. The Morgan fingerprint density at radius 1 is 0.969 bits per heavy atom. The fourth-order valence-electron chi connectivity index (χ4n) is 3.11. The maximum absolute atomic E-state index is 14.0. The molecule has 1 unspecified atom stereocenters. The van der Waals surface area contributed by atoms with E-state index in [9.17, 15) is 22.8 Å². The van der Waals surface area contributed by atoms with E-state index in [1.807, 2.05) is 30.3 Å². The molecule has 3 aromatic rings. The first kappa shape index (κ1) is 22.9. The highest BCUT2D eigenvalue weighted by molar-refractivity contribution is 6.01. The molecule has 0 spiro atoms. The van der Waals surface area contributed by atoms with E-state index in [1.165, 1.54) is 24.3 Å². The van der Waals surface area contributed by atoms with Gasteiger partial charge in [-0.2, -0.15) is 0 Å². The lowest BCUT2D eigenvalue weighted by molar-refractivity contribution is -0.118. The predicted octanol–water partition coefficient (Wildman–Crippen LogP) is 5.13. The number of hydrogen-bond donors (Lipinski definition) is 2. The first-order chi connectivity index (χ1) is 15.5. The van der Waals surface area contributed by atoms with Crippen LogP contribution in [0.3, 0.4) is 0 Å². The normalized spacial score (nSPS) is 11.5. The van der Waals surface area contributed by atoms with E-state index in [1.54, 1.807) is 0 Å². The Morgan fingerprint density at radius 3 is 2.41 bits per heavy atom. The molecule has 2 amide bonds. The number of benzene rings is 3. The third kappa shape index (κ3) is 6.10. The minimum atomic E-state index is -1.17. The van der Waals surface area contributed by atoms with Crippen LogP contribution in [-0.2, 0) is 11.2 Å². The molecule has 0 saturated carbocycles. The van der Waals surface area contributed by atoms with Crippen LogP contribution in [0.1, 0.15) is 25.2 Å². The van der Waals surface area contributed by atoms with Crippen LogP contribution in [-0.4, -0.2) is 24.7 Å². The van der Waals surface area contributed by atoms with Crippen molar-refractivity contribution in [2.45, 2.75) is 18.9 Å². The van der Waals surface area contributed by atoms with Crippen molar-refractivity contribution in [3.63, 3.8) is 0 Å². The summed E-state index contributed by atoms with van der Waals surface area (Å²) in [7, 11) is 0. The zero-order chi connectivity index (χ0) is 22.9. The molecule has 0 bridgehead atoms. The molecular weight excluding hydrogens is 421 g/mol. The van der Waals surface area contributed by atoms with Crippen molar-refractivity contribution in [1.82, 2.24) is 5.32 Å². The minimum absolute atomic E-state index is 0. The fourth-order valence-corrected chi connectivity index (χ4v) is 3.11. The maximum atomic E-state index is 14.0.